The molecule has 1 aliphatic rings. The van der Waals surface area contributed by atoms with Crippen molar-refractivity contribution < 1.29 is 9.59 Å². The molecule has 3 heterocycles. The number of ketones is 1. The van der Waals surface area contributed by atoms with Gasteiger partial charge in [0.2, 0.25) is 0 Å². The molecule has 0 bridgehead atoms. The van der Waals surface area contributed by atoms with Crippen LogP contribution < -0.4 is 5.32 Å². The van der Waals surface area contributed by atoms with E-state index in [0.29, 0.717) is 33.9 Å². The van der Waals surface area contributed by atoms with E-state index in [9.17, 15) is 9.59 Å². The quantitative estimate of drug-likeness (QED) is 0.448. The van der Waals surface area contributed by atoms with Gasteiger partial charge in [-0.1, -0.05) is 32.0 Å². The summed E-state index contributed by atoms with van der Waals surface area (Å²) in [7, 11) is 0. The van der Waals surface area contributed by atoms with Crippen LogP contribution in [0.15, 0.2) is 35.7 Å². The first-order valence-corrected chi connectivity index (χ1v) is 11.8. The number of nitrogens with one attached hydrogen (secondary N) is 1. The van der Waals surface area contributed by atoms with Gasteiger partial charge >= 0.3 is 0 Å². The lowest BCUT2D eigenvalue weighted by atomic mass is 9.92. The van der Waals surface area contributed by atoms with Crippen molar-refractivity contribution in [3.8, 4) is 5.69 Å². The average molecular weight is 452 g/mol. The molecule has 0 aliphatic carbocycles. The second kappa shape index (κ2) is 9.34. The lowest BCUT2D eigenvalue weighted by Gasteiger charge is -2.34. The van der Waals surface area contributed by atoms with E-state index in [2.05, 4.69) is 34.1 Å². The van der Waals surface area contributed by atoms with Gasteiger partial charge in [-0.2, -0.15) is 5.10 Å². The van der Waals surface area contributed by atoms with Gasteiger partial charge in [0.1, 0.15) is 0 Å². The zero-order valence-corrected chi connectivity index (χ0v) is 19.8. The van der Waals surface area contributed by atoms with Crippen LogP contribution in [0.1, 0.15) is 47.7 Å². The molecule has 7 nitrogen and oxygen atoms in total. The third kappa shape index (κ3) is 4.81. The van der Waals surface area contributed by atoms with Crippen LogP contribution in [0.5, 0.6) is 0 Å². The minimum atomic E-state index is -0.690. The summed E-state index contributed by atoms with van der Waals surface area (Å²) in [4.78, 5) is 32.6. The van der Waals surface area contributed by atoms with E-state index in [4.69, 9.17) is 0 Å². The maximum atomic E-state index is 12.9. The number of anilines is 1. The molecule has 2 aromatic heterocycles. The minimum Gasteiger partial charge on any atom is -0.297 e. The summed E-state index contributed by atoms with van der Waals surface area (Å²) in [6.07, 6.45) is 1.26. The summed E-state index contributed by atoms with van der Waals surface area (Å²) < 4.78 is 1.69. The first-order chi connectivity index (χ1) is 15.3. The van der Waals surface area contributed by atoms with Crippen molar-refractivity contribution in [2.45, 2.75) is 40.7 Å². The van der Waals surface area contributed by atoms with Gasteiger partial charge in [0, 0.05) is 25.0 Å². The Morgan fingerprint density at radius 3 is 2.50 bits per heavy atom. The van der Waals surface area contributed by atoms with Crippen molar-refractivity contribution >= 4 is 28.2 Å². The number of carbonyl (C=O) groups excluding carboxylic acids is 2. The van der Waals surface area contributed by atoms with E-state index in [1.165, 1.54) is 17.8 Å². The van der Waals surface area contributed by atoms with E-state index in [-0.39, 0.29) is 0 Å². The highest BCUT2D eigenvalue weighted by Crippen LogP contribution is 2.24. The Balaban J connectivity index is 1.44. The fourth-order valence-electron chi connectivity index (χ4n) is 4.65. The fraction of sp³-hybridized carbons (Fsp3) is 0.417. The summed E-state index contributed by atoms with van der Waals surface area (Å²) in [6.45, 7) is 11.0. The highest BCUT2D eigenvalue weighted by Gasteiger charge is 2.26. The van der Waals surface area contributed by atoms with E-state index in [0.717, 1.165) is 31.0 Å². The van der Waals surface area contributed by atoms with Gasteiger partial charge in [-0.15, -0.1) is 11.3 Å². The lowest BCUT2D eigenvalue weighted by molar-refractivity contribution is -0.112. The normalized spacial score (nSPS) is 19.1. The number of thiazole rings is 1. The van der Waals surface area contributed by atoms with Crippen molar-refractivity contribution in [2.24, 2.45) is 11.8 Å². The number of nitrogens with zero attached hydrogens (tertiary/aromatic N) is 4. The van der Waals surface area contributed by atoms with Crippen molar-refractivity contribution in [1.29, 1.82) is 0 Å². The molecule has 1 aliphatic heterocycles. The summed E-state index contributed by atoms with van der Waals surface area (Å²) in [5.41, 5.74) is 3.27. The zero-order chi connectivity index (χ0) is 22.8. The van der Waals surface area contributed by atoms with E-state index >= 15 is 0 Å². The number of piperidine rings is 1. The molecule has 0 spiro atoms. The number of para-hydroxylation sites is 1. The third-order valence-corrected chi connectivity index (χ3v) is 6.63. The van der Waals surface area contributed by atoms with E-state index in [1.54, 1.807) is 18.5 Å². The van der Waals surface area contributed by atoms with Crippen molar-refractivity contribution in [2.75, 3.05) is 18.4 Å². The van der Waals surface area contributed by atoms with E-state index in [1.807, 2.05) is 35.7 Å². The van der Waals surface area contributed by atoms with Crippen LogP contribution in [0.3, 0.4) is 0 Å². The van der Waals surface area contributed by atoms with Gasteiger partial charge < -0.3 is 0 Å². The summed E-state index contributed by atoms with van der Waals surface area (Å²) in [5, 5.41) is 9.55. The Bertz CT molecular complexity index is 1110. The smallest absolute Gasteiger partial charge is 0.297 e. The highest BCUT2D eigenvalue weighted by atomic mass is 32.1. The van der Waals surface area contributed by atoms with E-state index < -0.39 is 11.7 Å². The first kappa shape index (κ1) is 22.4. The molecule has 0 unspecified atom stereocenters. The van der Waals surface area contributed by atoms with Crippen LogP contribution in [0.25, 0.3) is 5.69 Å². The maximum absolute atomic E-state index is 12.9. The monoisotopic (exact) mass is 451 g/mol. The zero-order valence-electron chi connectivity index (χ0n) is 19.0. The van der Waals surface area contributed by atoms with Crippen LogP contribution >= 0.6 is 11.3 Å². The number of aromatic nitrogens is 3. The second-order valence-electron chi connectivity index (χ2n) is 8.86. The van der Waals surface area contributed by atoms with Gasteiger partial charge in [-0.3, -0.25) is 19.8 Å². The van der Waals surface area contributed by atoms with Crippen molar-refractivity contribution in [1.82, 2.24) is 19.7 Å². The van der Waals surface area contributed by atoms with Gasteiger partial charge in [-0.25, -0.2) is 9.67 Å². The Morgan fingerprint density at radius 2 is 1.81 bits per heavy atom. The number of hydrogen-bond acceptors (Lipinski definition) is 6. The molecule has 2 atom stereocenters. The predicted molar refractivity (Wildman–Crippen MR) is 126 cm³/mol. The molecule has 1 fully saturated rings. The van der Waals surface area contributed by atoms with Crippen molar-refractivity contribution in [3.05, 3.63) is 58.4 Å². The molecule has 1 aromatic carbocycles. The summed E-state index contributed by atoms with van der Waals surface area (Å²) in [6, 6.07) is 9.56. The lowest BCUT2D eigenvalue weighted by Crippen LogP contribution is -2.38. The molecule has 0 radical (unpaired) electrons. The SMILES string of the molecule is Cc1nn(-c2ccccc2)c(C)c1C(=O)C(=O)Nc1nc(CN2C[C@H](C)C[C@H](C)C2)cs1. The number of benzene rings is 1. The molecular weight excluding hydrogens is 422 g/mol. The largest absolute Gasteiger partial charge is 0.298 e. The Hall–Kier alpha value is -2.84. The Labute approximate surface area is 192 Å². The number of likely N-dealkylation sites (tertiary alicyclic amines) is 1. The highest BCUT2D eigenvalue weighted by molar-refractivity contribution is 7.14. The molecule has 0 saturated carbocycles. The van der Waals surface area contributed by atoms with Gasteiger partial charge in [0.15, 0.2) is 5.13 Å². The predicted octanol–water partition coefficient (Wildman–Crippen LogP) is 4.24. The summed E-state index contributed by atoms with van der Waals surface area (Å²) >= 11 is 1.35. The molecule has 1 N–H and O–H groups in total. The number of Topliss-reactive ketones (excluding diaryl/α,β-unsaturated/α-hetero) is 1. The van der Waals surface area contributed by atoms with Crippen molar-refractivity contribution in [3.63, 3.8) is 0 Å². The number of hydrogen-bond donors (Lipinski definition) is 1. The first-order valence-electron chi connectivity index (χ1n) is 11.0. The molecule has 168 valence electrons. The van der Waals surface area contributed by atoms with Gasteiger partial charge in [-0.05, 0) is 44.2 Å². The number of amides is 1. The standard InChI is InChI=1S/C24H29N5O2S/c1-15-10-16(2)12-28(11-15)13-19-14-32-24(25-19)26-23(31)22(30)21-17(3)27-29(18(21)4)20-8-6-5-7-9-20/h5-9,14-16H,10-13H2,1-4H3,(H,25,26,31)/t15-,16+. The van der Waals surface area contributed by atoms with Crippen LogP contribution in [0.4, 0.5) is 5.13 Å². The maximum Gasteiger partial charge on any atom is 0.298 e. The Kier molecular flexibility index (Phi) is 6.53. The fourth-order valence-corrected chi connectivity index (χ4v) is 5.34. The number of aryl methyl sites for hydroxylation is 1. The number of rotatable bonds is 6. The molecule has 1 saturated heterocycles. The molecule has 3 aromatic rings. The molecule has 4 rings (SSSR count). The average Bonchev–Trinajstić information content (AvgIpc) is 3.30. The summed E-state index contributed by atoms with van der Waals surface area (Å²) in [5.74, 6) is 0.0671. The van der Waals surface area contributed by atoms with Crippen LogP contribution in [0.2, 0.25) is 0 Å². The van der Waals surface area contributed by atoms with Gasteiger partial charge in [0.05, 0.1) is 28.3 Å². The van der Waals surface area contributed by atoms with Crippen LogP contribution in [0, 0.1) is 25.7 Å². The minimum absolute atomic E-state index is 0.333. The number of carbonyl (C=O) groups is 2. The molecular formula is C24H29N5O2S. The van der Waals surface area contributed by atoms with Gasteiger partial charge in [0.25, 0.3) is 11.7 Å². The molecule has 1 amide bonds. The topological polar surface area (TPSA) is 80.1 Å². The second-order valence-corrected chi connectivity index (χ2v) is 9.72. The molecule has 32 heavy (non-hydrogen) atoms. The third-order valence-electron chi connectivity index (χ3n) is 5.83. The van der Waals surface area contributed by atoms with Crippen LogP contribution in [-0.4, -0.2) is 44.4 Å². The Morgan fingerprint density at radius 1 is 1.12 bits per heavy atom. The molecule has 8 heteroatoms. The van der Waals surface area contributed by atoms with Crippen LogP contribution in [-0.2, 0) is 11.3 Å².